The van der Waals surface area contributed by atoms with Crippen LogP contribution < -0.4 is 5.32 Å². The lowest BCUT2D eigenvalue weighted by Gasteiger charge is -2.01. The first-order valence-electron chi connectivity index (χ1n) is 6.78. The highest BCUT2D eigenvalue weighted by molar-refractivity contribution is 7.90. The SMILES string of the molecule is Cn1nccc1C(=O)Nc1nnc(-c2cccc(S(C)(=O)=O)c2)o1. The van der Waals surface area contributed by atoms with Crippen LogP contribution in [-0.4, -0.2) is 40.6 Å². The molecule has 0 aliphatic carbocycles. The lowest BCUT2D eigenvalue weighted by atomic mass is 10.2. The quantitative estimate of drug-likeness (QED) is 0.751. The van der Waals surface area contributed by atoms with Crippen LogP contribution in [0, 0.1) is 0 Å². The van der Waals surface area contributed by atoms with Gasteiger partial charge in [0, 0.05) is 25.1 Å². The number of aromatic nitrogens is 4. The second kappa shape index (κ2) is 5.89. The molecule has 2 aromatic heterocycles. The fourth-order valence-corrected chi connectivity index (χ4v) is 2.67. The average Bonchev–Trinajstić information content (AvgIpc) is 3.15. The van der Waals surface area contributed by atoms with E-state index in [1.807, 2.05) is 0 Å². The summed E-state index contributed by atoms with van der Waals surface area (Å²) in [5.74, 6) is -0.351. The first kappa shape index (κ1) is 15.9. The minimum Gasteiger partial charge on any atom is -0.403 e. The van der Waals surface area contributed by atoms with Gasteiger partial charge in [-0.25, -0.2) is 8.42 Å². The number of rotatable bonds is 4. The summed E-state index contributed by atoms with van der Waals surface area (Å²) in [6, 6.07) is 7.55. The molecule has 0 aliphatic rings. The molecule has 0 bridgehead atoms. The summed E-state index contributed by atoms with van der Waals surface area (Å²) in [5.41, 5.74) is 0.764. The van der Waals surface area contributed by atoms with Crippen LogP contribution in [0.25, 0.3) is 11.5 Å². The van der Waals surface area contributed by atoms with Crippen LogP contribution in [-0.2, 0) is 16.9 Å². The molecule has 3 rings (SSSR count). The number of carbonyl (C=O) groups is 1. The van der Waals surface area contributed by atoms with Crippen LogP contribution in [0.5, 0.6) is 0 Å². The van der Waals surface area contributed by atoms with E-state index >= 15 is 0 Å². The van der Waals surface area contributed by atoms with Gasteiger partial charge in [-0.2, -0.15) is 5.10 Å². The maximum Gasteiger partial charge on any atom is 0.322 e. The van der Waals surface area contributed by atoms with Gasteiger partial charge in [0.15, 0.2) is 9.84 Å². The maximum absolute atomic E-state index is 12.0. The third kappa shape index (κ3) is 3.18. The minimum atomic E-state index is -3.35. The summed E-state index contributed by atoms with van der Waals surface area (Å²) in [5, 5.41) is 13.9. The third-order valence-electron chi connectivity index (χ3n) is 3.21. The zero-order chi connectivity index (χ0) is 17.3. The molecule has 0 unspecified atom stereocenters. The van der Waals surface area contributed by atoms with E-state index in [0.717, 1.165) is 6.26 Å². The second-order valence-electron chi connectivity index (χ2n) is 5.01. The van der Waals surface area contributed by atoms with Crippen LogP contribution in [0.3, 0.4) is 0 Å². The van der Waals surface area contributed by atoms with Gasteiger partial charge < -0.3 is 4.42 Å². The first-order chi connectivity index (χ1) is 11.3. The Labute approximate surface area is 137 Å². The molecule has 3 aromatic rings. The summed E-state index contributed by atoms with van der Waals surface area (Å²) in [4.78, 5) is 12.2. The van der Waals surface area contributed by atoms with E-state index in [1.165, 1.54) is 23.0 Å². The molecular weight excluding hydrogens is 334 g/mol. The van der Waals surface area contributed by atoms with Crippen molar-refractivity contribution in [2.45, 2.75) is 4.90 Å². The average molecular weight is 347 g/mol. The molecule has 0 fully saturated rings. The largest absolute Gasteiger partial charge is 0.403 e. The number of hydrogen-bond acceptors (Lipinski definition) is 7. The Morgan fingerprint density at radius 3 is 2.71 bits per heavy atom. The molecule has 2 heterocycles. The zero-order valence-corrected chi connectivity index (χ0v) is 13.6. The maximum atomic E-state index is 12.0. The van der Waals surface area contributed by atoms with Crippen LogP contribution in [0.2, 0.25) is 0 Å². The van der Waals surface area contributed by atoms with Crippen LogP contribution >= 0.6 is 0 Å². The van der Waals surface area contributed by atoms with Crippen molar-refractivity contribution in [3.63, 3.8) is 0 Å². The van der Waals surface area contributed by atoms with Crippen molar-refractivity contribution >= 4 is 21.8 Å². The monoisotopic (exact) mass is 347 g/mol. The van der Waals surface area contributed by atoms with Crippen LogP contribution in [0.4, 0.5) is 6.01 Å². The van der Waals surface area contributed by atoms with Gasteiger partial charge in [0.25, 0.3) is 5.91 Å². The molecule has 9 nitrogen and oxygen atoms in total. The second-order valence-corrected chi connectivity index (χ2v) is 7.02. The van der Waals surface area contributed by atoms with E-state index in [0.29, 0.717) is 11.3 Å². The number of hydrogen-bond donors (Lipinski definition) is 1. The van der Waals surface area contributed by atoms with E-state index in [9.17, 15) is 13.2 Å². The number of benzene rings is 1. The zero-order valence-electron chi connectivity index (χ0n) is 12.8. The van der Waals surface area contributed by atoms with Crippen molar-refractivity contribution in [3.8, 4) is 11.5 Å². The fourth-order valence-electron chi connectivity index (χ4n) is 2.01. The van der Waals surface area contributed by atoms with Crippen molar-refractivity contribution in [1.29, 1.82) is 0 Å². The Morgan fingerprint density at radius 1 is 1.25 bits per heavy atom. The molecule has 0 saturated heterocycles. The van der Waals surface area contributed by atoms with Gasteiger partial charge in [-0.05, 0) is 24.3 Å². The molecular formula is C14H13N5O4S. The molecule has 10 heteroatoms. The number of nitrogens with zero attached hydrogens (tertiary/aromatic N) is 4. The highest BCUT2D eigenvalue weighted by Crippen LogP contribution is 2.23. The highest BCUT2D eigenvalue weighted by atomic mass is 32.2. The Hall–Kier alpha value is -3.01. The minimum absolute atomic E-state index is 0.0963. The molecule has 124 valence electrons. The normalized spacial score (nSPS) is 11.4. The van der Waals surface area contributed by atoms with Gasteiger partial charge in [0.2, 0.25) is 5.89 Å². The van der Waals surface area contributed by atoms with Gasteiger partial charge >= 0.3 is 6.01 Å². The predicted molar refractivity (Wildman–Crippen MR) is 84.0 cm³/mol. The first-order valence-corrected chi connectivity index (χ1v) is 8.67. The lowest BCUT2D eigenvalue weighted by molar-refractivity contribution is 0.101. The Kier molecular flexibility index (Phi) is 3.89. The summed E-state index contributed by atoms with van der Waals surface area (Å²) in [6.07, 6.45) is 2.60. The molecule has 24 heavy (non-hydrogen) atoms. The Morgan fingerprint density at radius 2 is 2.04 bits per heavy atom. The predicted octanol–water partition coefficient (Wildman–Crippen LogP) is 1.13. The van der Waals surface area contributed by atoms with E-state index in [1.54, 1.807) is 25.2 Å². The van der Waals surface area contributed by atoms with Gasteiger partial charge in [-0.15, -0.1) is 5.10 Å². The van der Waals surface area contributed by atoms with Gasteiger partial charge in [0.05, 0.1) is 4.90 Å². The van der Waals surface area contributed by atoms with Gasteiger partial charge in [0.1, 0.15) is 5.69 Å². The van der Waals surface area contributed by atoms with E-state index in [-0.39, 0.29) is 16.8 Å². The summed E-state index contributed by atoms with van der Waals surface area (Å²) < 4.78 is 30.0. The summed E-state index contributed by atoms with van der Waals surface area (Å²) in [6.45, 7) is 0. The van der Waals surface area contributed by atoms with Crippen molar-refractivity contribution in [1.82, 2.24) is 20.0 Å². The summed E-state index contributed by atoms with van der Waals surface area (Å²) in [7, 11) is -1.72. The van der Waals surface area contributed by atoms with Gasteiger partial charge in [-0.1, -0.05) is 11.2 Å². The standard InChI is InChI=1S/C14H13N5O4S/c1-19-11(6-7-15-19)12(20)16-14-18-17-13(23-14)9-4-3-5-10(8-9)24(2,21)22/h3-8H,1-2H3,(H,16,18,20). The Bertz CT molecular complexity index is 1010. The van der Waals surface area contributed by atoms with Crippen molar-refractivity contribution in [2.75, 3.05) is 11.6 Å². The number of amides is 1. The molecule has 0 atom stereocenters. The van der Waals surface area contributed by atoms with Crippen LogP contribution in [0.15, 0.2) is 45.8 Å². The summed E-state index contributed by atoms with van der Waals surface area (Å²) >= 11 is 0. The van der Waals surface area contributed by atoms with E-state index in [2.05, 4.69) is 20.6 Å². The number of anilines is 1. The molecule has 0 radical (unpaired) electrons. The van der Waals surface area contributed by atoms with Crippen molar-refractivity contribution in [3.05, 3.63) is 42.2 Å². The number of carbonyl (C=O) groups excluding carboxylic acids is 1. The van der Waals surface area contributed by atoms with Crippen molar-refractivity contribution < 1.29 is 17.6 Å². The van der Waals surface area contributed by atoms with E-state index < -0.39 is 15.7 Å². The van der Waals surface area contributed by atoms with E-state index in [4.69, 9.17) is 4.42 Å². The Balaban J connectivity index is 1.84. The smallest absolute Gasteiger partial charge is 0.322 e. The van der Waals surface area contributed by atoms with Crippen molar-refractivity contribution in [2.24, 2.45) is 7.05 Å². The highest BCUT2D eigenvalue weighted by Gasteiger charge is 2.16. The number of sulfone groups is 1. The van der Waals surface area contributed by atoms with Gasteiger partial charge in [-0.3, -0.25) is 14.8 Å². The molecule has 1 N–H and O–H groups in total. The molecule has 1 amide bonds. The fraction of sp³-hybridized carbons (Fsp3) is 0.143. The third-order valence-corrected chi connectivity index (χ3v) is 4.32. The number of aryl methyl sites for hydroxylation is 1. The lowest BCUT2D eigenvalue weighted by Crippen LogP contribution is -2.16. The molecule has 0 spiro atoms. The molecule has 0 aliphatic heterocycles. The molecule has 0 saturated carbocycles. The number of nitrogens with one attached hydrogen (secondary N) is 1. The van der Waals surface area contributed by atoms with Crippen LogP contribution in [0.1, 0.15) is 10.5 Å². The molecule has 1 aromatic carbocycles. The topological polar surface area (TPSA) is 120 Å².